The van der Waals surface area contributed by atoms with Crippen molar-refractivity contribution in [2.24, 2.45) is 0 Å². The quantitative estimate of drug-likeness (QED) is 0.473. The zero-order valence-electron chi connectivity index (χ0n) is 10.7. The third kappa shape index (κ3) is 2.53. The number of hydrogen-bond donors (Lipinski definition) is 4. The molecule has 0 aliphatic carbocycles. The van der Waals surface area contributed by atoms with Crippen LogP contribution in [0.1, 0.15) is 11.8 Å². The number of rotatable bonds is 4. The van der Waals surface area contributed by atoms with E-state index in [1.54, 1.807) is 0 Å². The fourth-order valence-corrected chi connectivity index (χ4v) is 2.08. The van der Waals surface area contributed by atoms with Gasteiger partial charge in [-0.2, -0.15) is 0 Å². The fraction of sp³-hybridized carbons (Fsp3) is 0.636. The van der Waals surface area contributed by atoms with Gasteiger partial charge >= 0.3 is 5.69 Å². The first-order valence-electron chi connectivity index (χ1n) is 5.95. The van der Waals surface area contributed by atoms with Gasteiger partial charge < -0.3 is 24.8 Å². The number of aliphatic hydroxyl groups is 3. The summed E-state index contributed by atoms with van der Waals surface area (Å²) in [5, 5.41) is 28.5. The topological polar surface area (TPSA) is 134 Å². The molecule has 9 nitrogen and oxygen atoms in total. The average Bonchev–Trinajstić information content (AvgIpc) is 2.70. The molecule has 0 radical (unpaired) electrons. The number of nitrogens with one attached hydrogen (secondary N) is 1. The van der Waals surface area contributed by atoms with Crippen molar-refractivity contribution in [3.8, 4) is 0 Å². The SMILES string of the molecule is COCc1cn(C2OC(CO)C(O)C2O)c(=O)[nH]c1=O. The molecule has 20 heavy (non-hydrogen) atoms. The smallest absolute Gasteiger partial charge is 0.330 e. The van der Waals surface area contributed by atoms with Gasteiger partial charge in [0.05, 0.1) is 18.8 Å². The van der Waals surface area contributed by atoms with Gasteiger partial charge in [0.2, 0.25) is 0 Å². The van der Waals surface area contributed by atoms with Crippen molar-refractivity contribution in [2.75, 3.05) is 13.7 Å². The van der Waals surface area contributed by atoms with E-state index < -0.39 is 42.4 Å². The molecule has 2 heterocycles. The van der Waals surface area contributed by atoms with Crippen LogP contribution in [0.25, 0.3) is 0 Å². The van der Waals surface area contributed by atoms with Gasteiger partial charge in [-0.05, 0) is 0 Å². The third-order valence-electron chi connectivity index (χ3n) is 3.13. The largest absolute Gasteiger partial charge is 0.394 e. The minimum absolute atomic E-state index is 0.0234. The van der Waals surface area contributed by atoms with E-state index in [1.807, 2.05) is 0 Å². The number of aromatic amines is 1. The molecule has 1 saturated heterocycles. The normalized spacial score (nSPS) is 29.8. The van der Waals surface area contributed by atoms with E-state index in [-0.39, 0.29) is 12.2 Å². The van der Waals surface area contributed by atoms with E-state index in [4.69, 9.17) is 14.6 Å². The first-order valence-corrected chi connectivity index (χ1v) is 5.95. The molecule has 0 bridgehead atoms. The van der Waals surface area contributed by atoms with E-state index in [1.165, 1.54) is 13.3 Å². The molecule has 4 unspecified atom stereocenters. The monoisotopic (exact) mass is 288 g/mol. The Morgan fingerprint density at radius 2 is 2.10 bits per heavy atom. The lowest BCUT2D eigenvalue weighted by atomic mass is 10.1. The molecular weight excluding hydrogens is 272 g/mol. The summed E-state index contributed by atoms with van der Waals surface area (Å²) in [5.74, 6) is 0. The summed E-state index contributed by atoms with van der Waals surface area (Å²) in [6.45, 7) is -0.526. The summed E-state index contributed by atoms with van der Waals surface area (Å²) < 4.78 is 11.0. The van der Waals surface area contributed by atoms with Crippen molar-refractivity contribution in [3.05, 3.63) is 32.6 Å². The van der Waals surface area contributed by atoms with Gasteiger partial charge in [0.25, 0.3) is 5.56 Å². The Morgan fingerprint density at radius 3 is 2.65 bits per heavy atom. The predicted octanol–water partition coefficient (Wildman–Crippen LogP) is -2.71. The minimum Gasteiger partial charge on any atom is -0.394 e. The van der Waals surface area contributed by atoms with Crippen LogP contribution in [0.4, 0.5) is 0 Å². The maximum absolute atomic E-state index is 11.8. The summed E-state index contributed by atoms with van der Waals surface area (Å²) in [6.07, 6.45) is -3.71. The molecule has 1 aliphatic heterocycles. The van der Waals surface area contributed by atoms with Crippen LogP contribution in [-0.4, -0.2) is 56.9 Å². The molecule has 1 aromatic rings. The van der Waals surface area contributed by atoms with E-state index in [0.29, 0.717) is 0 Å². The molecule has 9 heteroatoms. The summed E-state index contributed by atoms with van der Waals surface area (Å²) in [6, 6.07) is 0. The van der Waals surface area contributed by atoms with Crippen LogP contribution in [0.3, 0.4) is 0 Å². The van der Waals surface area contributed by atoms with Crippen molar-refractivity contribution in [2.45, 2.75) is 31.1 Å². The number of H-pyrrole nitrogens is 1. The first-order chi connectivity index (χ1) is 9.49. The Labute approximate surface area is 113 Å². The molecule has 112 valence electrons. The van der Waals surface area contributed by atoms with Crippen molar-refractivity contribution >= 4 is 0 Å². The summed E-state index contributed by atoms with van der Waals surface area (Å²) in [5.41, 5.74) is -1.21. The maximum Gasteiger partial charge on any atom is 0.330 e. The van der Waals surface area contributed by atoms with Crippen molar-refractivity contribution < 1.29 is 24.8 Å². The predicted molar refractivity (Wildman–Crippen MR) is 65.0 cm³/mol. The lowest BCUT2D eigenvalue weighted by Crippen LogP contribution is -2.39. The molecule has 1 aromatic heterocycles. The van der Waals surface area contributed by atoms with Crippen LogP contribution in [0.15, 0.2) is 15.8 Å². The Morgan fingerprint density at radius 1 is 1.40 bits per heavy atom. The molecule has 4 atom stereocenters. The number of aromatic nitrogens is 2. The number of ether oxygens (including phenoxy) is 2. The van der Waals surface area contributed by atoms with Crippen LogP contribution < -0.4 is 11.2 Å². The summed E-state index contributed by atoms with van der Waals surface area (Å²) in [7, 11) is 1.39. The maximum atomic E-state index is 11.8. The van der Waals surface area contributed by atoms with Gasteiger partial charge in [-0.1, -0.05) is 0 Å². The second kappa shape index (κ2) is 5.85. The first kappa shape index (κ1) is 14.9. The molecule has 0 aromatic carbocycles. The Hall–Kier alpha value is -1.52. The molecule has 0 spiro atoms. The molecule has 2 rings (SSSR count). The van der Waals surface area contributed by atoms with Crippen molar-refractivity contribution in [1.29, 1.82) is 0 Å². The molecule has 1 aliphatic rings. The average molecular weight is 288 g/mol. The molecule has 4 N–H and O–H groups in total. The van der Waals surface area contributed by atoms with E-state index in [2.05, 4.69) is 4.98 Å². The van der Waals surface area contributed by atoms with Crippen molar-refractivity contribution in [1.82, 2.24) is 9.55 Å². The Bertz CT molecular complexity index is 581. The van der Waals surface area contributed by atoms with Gasteiger partial charge in [0.15, 0.2) is 6.23 Å². The number of nitrogens with zero attached hydrogens (tertiary/aromatic N) is 1. The van der Waals surface area contributed by atoms with Gasteiger partial charge in [0.1, 0.15) is 18.3 Å². The van der Waals surface area contributed by atoms with Crippen LogP contribution in [-0.2, 0) is 16.1 Å². The van der Waals surface area contributed by atoms with E-state index >= 15 is 0 Å². The van der Waals surface area contributed by atoms with Gasteiger partial charge in [-0.15, -0.1) is 0 Å². The number of hydrogen-bond acceptors (Lipinski definition) is 7. The fourth-order valence-electron chi connectivity index (χ4n) is 2.08. The van der Waals surface area contributed by atoms with Gasteiger partial charge in [-0.25, -0.2) is 4.79 Å². The van der Waals surface area contributed by atoms with E-state index in [9.17, 15) is 19.8 Å². The highest BCUT2D eigenvalue weighted by Crippen LogP contribution is 2.27. The second-order valence-electron chi connectivity index (χ2n) is 4.48. The molecule has 0 amide bonds. The summed E-state index contributed by atoms with van der Waals surface area (Å²) in [4.78, 5) is 25.4. The number of methoxy groups -OCH3 is 1. The Balaban J connectivity index is 2.40. The lowest BCUT2D eigenvalue weighted by Gasteiger charge is -2.17. The zero-order chi connectivity index (χ0) is 14.9. The van der Waals surface area contributed by atoms with Gasteiger partial charge in [-0.3, -0.25) is 14.3 Å². The van der Waals surface area contributed by atoms with Crippen LogP contribution in [0.2, 0.25) is 0 Å². The molecule has 1 fully saturated rings. The van der Waals surface area contributed by atoms with Crippen molar-refractivity contribution in [3.63, 3.8) is 0 Å². The second-order valence-corrected chi connectivity index (χ2v) is 4.48. The third-order valence-corrected chi connectivity index (χ3v) is 3.13. The van der Waals surface area contributed by atoms with Crippen LogP contribution in [0.5, 0.6) is 0 Å². The number of aliphatic hydroxyl groups excluding tert-OH is 3. The van der Waals surface area contributed by atoms with Crippen LogP contribution in [0, 0.1) is 0 Å². The van der Waals surface area contributed by atoms with Crippen LogP contribution >= 0.6 is 0 Å². The molecule has 0 saturated carbocycles. The summed E-state index contributed by atoms with van der Waals surface area (Å²) >= 11 is 0. The van der Waals surface area contributed by atoms with E-state index in [0.717, 1.165) is 4.57 Å². The highest BCUT2D eigenvalue weighted by atomic mass is 16.6. The zero-order valence-corrected chi connectivity index (χ0v) is 10.7. The highest BCUT2D eigenvalue weighted by Gasteiger charge is 2.43. The lowest BCUT2D eigenvalue weighted by molar-refractivity contribution is -0.0552. The molecular formula is C11H16N2O7. The van der Waals surface area contributed by atoms with Gasteiger partial charge in [0, 0.05) is 13.3 Å². The minimum atomic E-state index is -1.40. The highest BCUT2D eigenvalue weighted by molar-refractivity contribution is 5.04. The standard InChI is InChI=1S/C11H16N2O7/c1-19-4-5-2-13(11(18)12-9(5)17)10-8(16)7(15)6(3-14)20-10/h2,6-8,10,14-16H,3-4H2,1H3,(H,12,17,18). The Kier molecular flexibility index (Phi) is 4.35.